The zero-order valence-corrected chi connectivity index (χ0v) is 12.2. The number of benzene rings is 1. The summed E-state index contributed by atoms with van der Waals surface area (Å²) in [4.78, 5) is 4.16. The number of aryl methyl sites for hydroxylation is 1. The van der Waals surface area contributed by atoms with E-state index >= 15 is 0 Å². The predicted octanol–water partition coefficient (Wildman–Crippen LogP) is 2.34. The van der Waals surface area contributed by atoms with Crippen molar-refractivity contribution in [3.05, 3.63) is 48.3 Å². The summed E-state index contributed by atoms with van der Waals surface area (Å²) < 4.78 is 1.66. The van der Waals surface area contributed by atoms with E-state index in [9.17, 15) is 0 Å². The van der Waals surface area contributed by atoms with E-state index in [1.165, 1.54) is 5.56 Å². The molecule has 0 aliphatic carbocycles. The monoisotopic (exact) mass is 282 g/mol. The van der Waals surface area contributed by atoms with E-state index in [1.54, 1.807) is 16.9 Å². The van der Waals surface area contributed by atoms with E-state index in [-0.39, 0.29) is 5.54 Å². The fraction of sp³-hybridized carbons (Fsp3) is 0.333. The lowest BCUT2D eigenvalue weighted by molar-refractivity contribution is 0.514. The van der Waals surface area contributed by atoms with Gasteiger partial charge in [0.2, 0.25) is 0 Å². The molecule has 0 amide bonds. The van der Waals surface area contributed by atoms with Crippen molar-refractivity contribution in [2.24, 2.45) is 0 Å². The number of nitrogens with one attached hydrogen (secondary N) is 1. The molecule has 6 heteroatoms. The number of hydrogen-bond acceptors (Lipinski definition) is 5. The summed E-state index contributed by atoms with van der Waals surface area (Å²) in [5, 5.41) is 15.0. The van der Waals surface area contributed by atoms with E-state index in [0.29, 0.717) is 5.65 Å². The molecule has 1 aromatic carbocycles. The Balaban J connectivity index is 1.72. The molecular weight excluding hydrogens is 264 g/mol. The Bertz CT molecular complexity index is 719. The summed E-state index contributed by atoms with van der Waals surface area (Å²) in [5.74, 6) is 0.801. The van der Waals surface area contributed by atoms with Gasteiger partial charge in [-0.1, -0.05) is 30.3 Å². The van der Waals surface area contributed by atoms with Crippen LogP contribution >= 0.6 is 0 Å². The zero-order chi connectivity index (χ0) is 14.7. The molecular formula is C15H18N6. The Morgan fingerprint density at radius 2 is 1.95 bits per heavy atom. The van der Waals surface area contributed by atoms with Crippen LogP contribution in [0.4, 0.5) is 5.82 Å². The molecule has 0 unspecified atom stereocenters. The Morgan fingerprint density at radius 1 is 1.14 bits per heavy atom. The Labute approximate surface area is 123 Å². The fourth-order valence-corrected chi connectivity index (χ4v) is 2.27. The van der Waals surface area contributed by atoms with E-state index in [4.69, 9.17) is 0 Å². The van der Waals surface area contributed by atoms with Crippen LogP contribution in [0.15, 0.2) is 42.7 Å². The Morgan fingerprint density at radius 3 is 2.76 bits per heavy atom. The Hall–Kier alpha value is -2.50. The van der Waals surface area contributed by atoms with Gasteiger partial charge in [-0.25, -0.2) is 0 Å². The molecule has 0 spiro atoms. The average molecular weight is 282 g/mol. The molecule has 0 aliphatic heterocycles. The van der Waals surface area contributed by atoms with Crippen molar-refractivity contribution in [1.29, 1.82) is 0 Å². The van der Waals surface area contributed by atoms with E-state index in [2.05, 4.69) is 63.9 Å². The minimum atomic E-state index is -0.0856. The molecule has 0 saturated carbocycles. The summed E-state index contributed by atoms with van der Waals surface area (Å²) in [6.07, 6.45) is 5.39. The van der Waals surface area contributed by atoms with Gasteiger partial charge in [-0.05, 0) is 42.7 Å². The fourth-order valence-electron chi connectivity index (χ4n) is 2.27. The van der Waals surface area contributed by atoms with Crippen molar-refractivity contribution in [2.45, 2.75) is 32.2 Å². The van der Waals surface area contributed by atoms with Crippen LogP contribution in [0.1, 0.15) is 25.8 Å². The van der Waals surface area contributed by atoms with Crippen molar-refractivity contribution < 1.29 is 0 Å². The molecule has 2 aromatic heterocycles. The molecule has 0 atom stereocenters. The lowest BCUT2D eigenvalue weighted by atomic mass is 9.95. The number of aromatic nitrogens is 5. The van der Waals surface area contributed by atoms with Crippen LogP contribution in [0.5, 0.6) is 0 Å². The number of hydrogen-bond donors (Lipinski definition) is 1. The second-order valence-electron chi connectivity index (χ2n) is 5.74. The summed E-state index contributed by atoms with van der Waals surface area (Å²) in [6, 6.07) is 10.5. The van der Waals surface area contributed by atoms with Crippen LogP contribution in [-0.4, -0.2) is 30.6 Å². The van der Waals surface area contributed by atoms with E-state index < -0.39 is 0 Å². The minimum absolute atomic E-state index is 0.0856. The maximum absolute atomic E-state index is 4.16. The molecule has 21 heavy (non-hydrogen) atoms. The molecule has 0 radical (unpaired) electrons. The van der Waals surface area contributed by atoms with Crippen LogP contribution in [-0.2, 0) is 6.42 Å². The molecule has 3 rings (SSSR count). The van der Waals surface area contributed by atoms with Crippen molar-refractivity contribution in [1.82, 2.24) is 25.0 Å². The second kappa shape index (κ2) is 5.47. The van der Waals surface area contributed by atoms with Gasteiger partial charge in [0.05, 0.1) is 12.4 Å². The maximum Gasteiger partial charge on any atom is 0.199 e. The smallest absolute Gasteiger partial charge is 0.199 e. The van der Waals surface area contributed by atoms with Crippen LogP contribution < -0.4 is 5.32 Å². The second-order valence-corrected chi connectivity index (χ2v) is 5.74. The molecule has 108 valence electrons. The third kappa shape index (κ3) is 3.16. The number of nitrogens with zero attached hydrogens (tertiary/aromatic N) is 5. The molecule has 6 nitrogen and oxygen atoms in total. The largest absolute Gasteiger partial charge is 0.364 e. The standard InChI is InChI=1S/C15H18N6/c1-15(2,9-8-12-6-4-3-5-7-12)17-13-10-16-11-14-18-19-20-21(13)14/h3-7,10-11,17H,8-9H2,1-2H3. The van der Waals surface area contributed by atoms with Gasteiger partial charge in [0, 0.05) is 5.54 Å². The number of tetrazole rings is 1. The third-order valence-electron chi connectivity index (χ3n) is 3.46. The first-order valence-corrected chi connectivity index (χ1v) is 6.98. The highest BCUT2D eigenvalue weighted by atomic mass is 15.5. The first-order chi connectivity index (χ1) is 10.1. The first kappa shape index (κ1) is 13.5. The van der Waals surface area contributed by atoms with Crippen LogP contribution in [0.3, 0.4) is 0 Å². The molecule has 0 fully saturated rings. The van der Waals surface area contributed by atoms with E-state index in [1.807, 2.05) is 6.07 Å². The zero-order valence-electron chi connectivity index (χ0n) is 12.2. The predicted molar refractivity (Wildman–Crippen MR) is 81.0 cm³/mol. The van der Waals surface area contributed by atoms with Gasteiger partial charge in [-0.15, -0.1) is 5.10 Å². The van der Waals surface area contributed by atoms with Gasteiger partial charge in [-0.2, -0.15) is 4.52 Å². The number of anilines is 1. The topological polar surface area (TPSA) is 68.0 Å². The molecule has 1 N–H and O–H groups in total. The van der Waals surface area contributed by atoms with Gasteiger partial charge in [0.1, 0.15) is 0 Å². The lowest BCUT2D eigenvalue weighted by Crippen LogP contribution is -2.32. The normalized spacial score (nSPS) is 11.7. The average Bonchev–Trinajstić information content (AvgIpc) is 2.96. The van der Waals surface area contributed by atoms with Crippen molar-refractivity contribution in [2.75, 3.05) is 5.32 Å². The van der Waals surface area contributed by atoms with Gasteiger partial charge in [-0.3, -0.25) is 4.98 Å². The van der Waals surface area contributed by atoms with Crippen molar-refractivity contribution in [3.8, 4) is 0 Å². The molecule has 2 heterocycles. The van der Waals surface area contributed by atoms with Gasteiger partial charge in [0.25, 0.3) is 0 Å². The summed E-state index contributed by atoms with van der Waals surface area (Å²) in [6.45, 7) is 4.33. The van der Waals surface area contributed by atoms with Crippen molar-refractivity contribution in [3.63, 3.8) is 0 Å². The Kier molecular flexibility index (Phi) is 3.51. The van der Waals surface area contributed by atoms with Gasteiger partial charge in [0.15, 0.2) is 11.5 Å². The lowest BCUT2D eigenvalue weighted by Gasteiger charge is -2.27. The third-order valence-corrected chi connectivity index (χ3v) is 3.46. The molecule has 3 aromatic rings. The number of fused-ring (bicyclic) bond motifs is 1. The summed E-state index contributed by atoms with van der Waals surface area (Å²) in [5.41, 5.74) is 1.89. The minimum Gasteiger partial charge on any atom is -0.364 e. The highest BCUT2D eigenvalue weighted by molar-refractivity contribution is 5.45. The van der Waals surface area contributed by atoms with Gasteiger partial charge >= 0.3 is 0 Å². The highest BCUT2D eigenvalue weighted by Crippen LogP contribution is 2.19. The summed E-state index contributed by atoms with van der Waals surface area (Å²) in [7, 11) is 0. The maximum atomic E-state index is 4.16. The first-order valence-electron chi connectivity index (χ1n) is 6.98. The quantitative estimate of drug-likeness (QED) is 0.778. The van der Waals surface area contributed by atoms with Crippen LogP contribution in [0.2, 0.25) is 0 Å². The molecule has 0 saturated heterocycles. The van der Waals surface area contributed by atoms with Gasteiger partial charge < -0.3 is 5.32 Å². The summed E-state index contributed by atoms with van der Waals surface area (Å²) >= 11 is 0. The van der Waals surface area contributed by atoms with Crippen molar-refractivity contribution >= 4 is 11.5 Å². The van der Waals surface area contributed by atoms with E-state index in [0.717, 1.165) is 18.7 Å². The molecule has 0 aliphatic rings. The molecule has 0 bridgehead atoms. The highest BCUT2D eigenvalue weighted by Gasteiger charge is 2.19. The number of rotatable bonds is 5. The SMILES string of the molecule is CC(C)(CCc1ccccc1)Nc1cncc2nnnn12. The van der Waals surface area contributed by atoms with Crippen LogP contribution in [0.25, 0.3) is 5.65 Å². The van der Waals surface area contributed by atoms with Crippen LogP contribution in [0, 0.1) is 0 Å².